The summed E-state index contributed by atoms with van der Waals surface area (Å²) in [5.41, 5.74) is 2.52. The van der Waals surface area contributed by atoms with Gasteiger partial charge in [-0.05, 0) is 63.2 Å². The fourth-order valence-electron chi connectivity index (χ4n) is 0.951. The fraction of sp³-hybridized carbons (Fsp3) is 0.273. The van der Waals surface area contributed by atoms with Gasteiger partial charge >= 0.3 is 0 Å². The highest BCUT2D eigenvalue weighted by Crippen LogP contribution is 2.20. The number of benzene rings is 1. The minimum Gasteiger partial charge on any atom is -0.372 e. The molecule has 1 aromatic carbocycles. The Balaban J connectivity index is 2.33. The van der Waals surface area contributed by atoms with Crippen LogP contribution in [0, 0.1) is 0 Å². The Bertz CT molecular complexity index is 302. The van der Waals surface area contributed by atoms with E-state index in [0.29, 0.717) is 6.61 Å². The standard InChI is InChI=1S/C11H12I2O/c1-9(11(12)13)7-14-8-10-5-3-2-4-6-10/h2-6H,7-8H2,1H3. The third-order valence-electron chi connectivity index (χ3n) is 1.75. The Morgan fingerprint density at radius 3 is 2.43 bits per heavy atom. The lowest BCUT2D eigenvalue weighted by molar-refractivity contribution is 0.142. The second-order valence-corrected chi connectivity index (χ2v) is 7.24. The van der Waals surface area contributed by atoms with Crippen molar-refractivity contribution >= 4 is 45.2 Å². The van der Waals surface area contributed by atoms with Crippen molar-refractivity contribution in [1.29, 1.82) is 0 Å². The van der Waals surface area contributed by atoms with Gasteiger partial charge in [0.15, 0.2) is 0 Å². The zero-order valence-corrected chi connectivity index (χ0v) is 12.3. The number of halogens is 2. The second-order valence-electron chi connectivity index (χ2n) is 3.02. The number of rotatable bonds is 4. The minimum atomic E-state index is 0.693. The van der Waals surface area contributed by atoms with Gasteiger partial charge < -0.3 is 4.74 Å². The lowest BCUT2D eigenvalue weighted by Gasteiger charge is -2.04. The predicted molar refractivity (Wildman–Crippen MR) is 76.8 cm³/mol. The van der Waals surface area contributed by atoms with Gasteiger partial charge in [-0.2, -0.15) is 0 Å². The van der Waals surface area contributed by atoms with E-state index in [1.54, 1.807) is 0 Å². The Kier molecular flexibility index (Phi) is 6.04. The van der Waals surface area contributed by atoms with E-state index in [9.17, 15) is 0 Å². The summed E-state index contributed by atoms with van der Waals surface area (Å²) in [6, 6.07) is 10.2. The van der Waals surface area contributed by atoms with E-state index in [1.807, 2.05) is 18.2 Å². The molecule has 0 aliphatic carbocycles. The zero-order chi connectivity index (χ0) is 10.4. The summed E-state index contributed by atoms with van der Waals surface area (Å²) >= 11 is 4.62. The van der Waals surface area contributed by atoms with E-state index in [-0.39, 0.29) is 0 Å². The molecule has 0 atom stereocenters. The van der Waals surface area contributed by atoms with Crippen molar-refractivity contribution in [3.63, 3.8) is 0 Å². The molecule has 0 saturated heterocycles. The summed E-state index contributed by atoms with van der Waals surface area (Å²) in [6.45, 7) is 3.51. The van der Waals surface area contributed by atoms with Crippen molar-refractivity contribution in [3.8, 4) is 0 Å². The van der Waals surface area contributed by atoms with Crippen LogP contribution in [0.1, 0.15) is 12.5 Å². The average molecular weight is 414 g/mol. The van der Waals surface area contributed by atoms with Crippen molar-refractivity contribution in [2.75, 3.05) is 6.61 Å². The van der Waals surface area contributed by atoms with E-state index in [0.717, 1.165) is 6.61 Å². The van der Waals surface area contributed by atoms with E-state index in [1.165, 1.54) is 12.7 Å². The molecule has 1 rings (SSSR count). The third-order valence-corrected chi connectivity index (χ3v) is 3.59. The highest BCUT2D eigenvalue weighted by molar-refractivity contribution is 14.2. The van der Waals surface area contributed by atoms with Crippen molar-refractivity contribution in [1.82, 2.24) is 0 Å². The molecule has 0 radical (unpaired) electrons. The molecule has 0 spiro atoms. The Hall–Kier alpha value is 0.380. The molecular formula is C11H12I2O. The number of hydrogen-bond acceptors (Lipinski definition) is 1. The van der Waals surface area contributed by atoms with E-state index >= 15 is 0 Å². The smallest absolute Gasteiger partial charge is 0.0721 e. The highest BCUT2D eigenvalue weighted by atomic mass is 127. The normalized spacial score (nSPS) is 9.93. The van der Waals surface area contributed by atoms with Gasteiger partial charge in [-0.3, -0.25) is 0 Å². The van der Waals surface area contributed by atoms with Gasteiger partial charge in [0.1, 0.15) is 0 Å². The molecule has 0 saturated carbocycles. The van der Waals surface area contributed by atoms with Crippen molar-refractivity contribution in [3.05, 3.63) is 43.1 Å². The molecule has 3 heteroatoms. The first-order chi connectivity index (χ1) is 6.70. The van der Waals surface area contributed by atoms with Gasteiger partial charge in [0, 0.05) is 0 Å². The molecule has 0 N–H and O–H groups in total. The summed E-state index contributed by atoms with van der Waals surface area (Å²) in [4.78, 5) is 0. The molecule has 0 heterocycles. The first kappa shape index (κ1) is 12.4. The van der Waals surface area contributed by atoms with E-state index in [2.05, 4.69) is 64.2 Å². The molecule has 0 bridgehead atoms. The topological polar surface area (TPSA) is 9.23 Å². The lowest BCUT2D eigenvalue weighted by Crippen LogP contribution is -1.96. The molecule has 0 aliphatic rings. The highest BCUT2D eigenvalue weighted by Gasteiger charge is 1.96. The van der Waals surface area contributed by atoms with Gasteiger partial charge in [-0.15, -0.1) is 0 Å². The second kappa shape index (κ2) is 6.79. The Morgan fingerprint density at radius 1 is 1.21 bits per heavy atom. The van der Waals surface area contributed by atoms with Gasteiger partial charge in [-0.25, -0.2) is 0 Å². The maximum absolute atomic E-state index is 5.58. The van der Waals surface area contributed by atoms with Crippen LogP contribution in [-0.2, 0) is 11.3 Å². The van der Waals surface area contributed by atoms with Gasteiger partial charge in [0.2, 0.25) is 0 Å². The van der Waals surface area contributed by atoms with Crippen LogP contribution in [0.2, 0.25) is 0 Å². The average Bonchev–Trinajstić information content (AvgIpc) is 2.19. The maximum atomic E-state index is 5.58. The Morgan fingerprint density at radius 2 is 1.86 bits per heavy atom. The molecule has 76 valence electrons. The van der Waals surface area contributed by atoms with Gasteiger partial charge in [0.05, 0.1) is 14.8 Å². The van der Waals surface area contributed by atoms with Crippen molar-refractivity contribution < 1.29 is 4.74 Å². The largest absolute Gasteiger partial charge is 0.372 e. The first-order valence-corrected chi connectivity index (χ1v) is 6.48. The summed E-state index contributed by atoms with van der Waals surface area (Å²) in [5.74, 6) is 0. The zero-order valence-electron chi connectivity index (χ0n) is 7.97. The summed E-state index contributed by atoms with van der Waals surface area (Å²) < 4.78 is 6.86. The van der Waals surface area contributed by atoms with Crippen LogP contribution >= 0.6 is 45.2 Å². The van der Waals surface area contributed by atoms with Crippen LogP contribution < -0.4 is 0 Å². The Labute approximate surface area is 112 Å². The van der Waals surface area contributed by atoms with Crippen LogP contribution in [0.4, 0.5) is 0 Å². The molecule has 0 amide bonds. The van der Waals surface area contributed by atoms with Crippen LogP contribution in [0.5, 0.6) is 0 Å². The number of ether oxygens (including phenoxy) is 1. The van der Waals surface area contributed by atoms with Gasteiger partial charge in [-0.1, -0.05) is 30.3 Å². The van der Waals surface area contributed by atoms with Gasteiger partial charge in [0.25, 0.3) is 0 Å². The third kappa shape index (κ3) is 4.75. The quantitative estimate of drug-likeness (QED) is 0.668. The molecular weight excluding hydrogens is 402 g/mol. The first-order valence-electron chi connectivity index (χ1n) is 4.32. The summed E-state index contributed by atoms with van der Waals surface area (Å²) in [6.07, 6.45) is 0. The summed E-state index contributed by atoms with van der Waals surface area (Å²) in [7, 11) is 0. The van der Waals surface area contributed by atoms with Crippen LogP contribution in [0.25, 0.3) is 0 Å². The van der Waals surface area contributed by atoms with Crippen LogP contribution in [-0.4, -0.2) is 6.61 Å². The maximum Gasteiger partial charge on any atom is 0.0721 e. The van der Waals surface area contributed by atoms with E-state index in [4.69, 9.17) is 4.74 Å². The van der Waals surface area contributed by atoms with Crippen LogP contribution in [0.3, 0.4) is 0 Å². The minimum absolute atomic E-state index is 0.693. The lowest BCUT2D eigenvalue weighted by atomic mass is 10.2. The number of hydrogen-bond donors (Lipinski definition) is 0. The van der Waals surface area contributed by atoms with Crippen molar-refractivity contribution in [2.24, 2.45) is 0 Å². The van der Waals surface area contributed by atoms with Crippen molar-refractivity contribution in [2.45, 2.75) is 13.5 Å². The molecule has 1 nitrogen and oxygen atoms in total. The van der Waals surface area contributed by atoms with Crippen LogP contribution in [0.15, 0.2) is 37.5 Å². The monoisotopic (exact) mass is 414 g/mol. The molecule has 14 heavy (non-hydrogen) atoms. The fourth-order valence-corrected chi connectivity index (χ4v) is 1.26. The molecule has 0 fully saturated rings. The molecule has 0 aromatic heterocycles. The summed E-state index contributed by atoms with van der Waals surface area (Å²) in [5, 5.41) is 0. The van der Waals surface area contributed by atoms with E-state index < -0.39 is 0 Å². The predicted octanol–water partition coefficient (Wildman–Crippen LogP) is 4.30. The molecule has 0 unspecified atom stereocenters. The molecule has 0 aliphatic heterocycles. The SMILES string of the molecule is CC(COCc1ccccc1)=C(I)I. The molecule has 1 aromatic rings.